The number of nitrogens with one attached hydrogen (secondary N) is 2. The number of halogens is 1. The van der Waals surface area contributed by atoms with Crippen molar-refractivity contribution in [2.24, 2.45) is 16.3 Å². The number of hydrogen-bond acceptors (Lipinski definition) is 4. The van der Waals surface area contributed by atoms with Gasteiger partial charge < -0.3 is 25.0 Å². The van der Waals surface area contributed by atoms with Crippen LogP contribution in [0.4, 0.5) is 0 Å². The van der Waals surface area contributed by atoms with Crippen LogP contribution in [0.3, 0.4) is 0 Å². The molecule has 2 N–H and O–H groups in total. The first kappa shape index (κ1) is 26.9. The third-order valence-corrected chi connectivity index (χ3v) is 4.80. The van der Waals surface area contributed by atoms with Gasteiger partial charge in [-0.25, -0.2) is 0 Å². The van der Waals surface area contributed by atoms with Gasteiger partial charge in [-0.05, 0) is 38.6 Å². The largest absolute Gasteiger partial charge is 0.385 e. The Hall–Kier alpha value is -0.120. The summed E-state index contributed by atoms with van der Waals surface area (Å²) in [5, 5.41) is 6.82. The highest BCUT2D eigenvalue weighted by Gasteiger charge is 2.35. The molecule has 162 valence electrons. The Balaban J connectivity index is 0.00000676. The van der Waals surface area contributed by atoms with Crippen molar-refractivity contribution >= 4 is 29.9 Å². The lowest BCUT2D eigenvalue weighted by molar-refractivity contribution is -0.0823. The molecule has 0 saturated carbocycles. The van der Waals surface area contributed by atoms with Crippen LogP contribution in [0.2, 0.25) is 0 Å². The van der Waals surface area contributed by atoms with Gasteiger partial charge in [-0.3, -0.25) is 4.99 Å². The predicted octanol–water partition coefficient (Wildman–Crippen LogP) is 2.97. The SMILES string of the molecule is CCNC(=NCC1CCCOC1C(C)(C)C)NCCN(C)CCCOC.I. The highest BCUT2D eigenvalue weighted by Crippen LogP contribution is 2.34. The predicted molar refractivity (Wildman–Crippen MR) is 125 cm³/mol. The Morgan fingerprint density at radius 2 is 2.00 bits per heavy atom. The fourth-order valence-corrected chi connectivity index (χ4v) is 3.49. The maximum Gasteiger partial charge on any atom is 0.191 e. The number of guanidine groups is 1. The van der Waals surface area contributed by atoms with Crippen LogP contribution in [0.1, 0.15) is 47.0 Å². The standard InChI is InChI=1S/C20H42N4O2.HI/c1-7-21-19(22-11-13-24(5)12-9-14-25-6)23-16-17-10-8-15-26-18(17)20(2,3)4;/h17-18H,7-16H2,1-6H3,(H2,21,22,23);1H. The minimum Gasteiger partial charge on any atom is -0.385 e. The van der Waals surface area contributed by atoms with E-state index in [2.05, 4.69) is 50.3 Å². The van der Waals surface area contributed by atoms with Gasteiger partial charge in [0.05, 0.1) is 6.10 Å². The molecule has 1 saturated heterocycles. The highest BCUT2D eigenvalue weighted by molar-refractivity contribution is 14.0. The number of nitrogens with zero attached hydrogens (tertiary/aromatic N) is 2. The number of likely N-dealkylation sites (N-methyl/N-ethyl adjacent to an activating group) is 1. The van der Waals surface area contributed by atoms with Gasteiger partial charge in [0.2, 0.25) is 0 Å². The zero-order valence-corrected chi connectivity index (χ0v) is 20.7. The van der Waals surface area contributed by atoms with E-state index in [1.54, 1.807) is 7.11 Å². The first-order valence-corrected chi connectivity index (χ1v) is 10.2. The maximum absolute atomic E-state index is 6.08. The van der Waals surface area contributed by atoms with E-state index in [4.69, 9.17) is 14.5 Å². The molecule has 7 heteroatoms. The highest BCUT2D eigenvalue weighted by atomic mass is 127. The lowest BCUT2D eigenvalue weighted by atomic mass is 9.78. The van der Waals surface area contributed by atoms with Gasteiger partial charge in [0.25, 0.3) is 0 Å². The van der Waals surface area contributed by atoms with Gasteiger partial charge in [-0.15, -0.1) is 24.0 Å². The Labute approximate surface area is 184 Å². The molecule has 0 radical (unpaired) electrons. The summed E-state index contributed by atoms with van der Waals surface area (Å²) in [6, 6.07) is 0. The Bertz CT molecular complexity index is 402. The lowest BCUT2D eigenvalue weighted by Crippen LogP contribution is -2.43. The molecule has 1 fully saturated rings. The van der Waals surface area contributed by atoms with Crippen molar-refractivity contribution in [2.75, 3.05) is 60.1 Å². The summed E-state index contributed by atoms with van der Waals surface area (Å²) in [4.78, 5) is 7.17. The molecule has 0 aromatic carbocycles. The molecule has 1 rings (SSSR count). The van der Waals surface area contributed by atoms with Crippen molar-refractivity contribution in [1.82, 2.24) is 15.5 Å². The zero-order valence-electron chi connectivity index (χ0n) is 18.3. The van der Waals surface area contributed by atoms with Crippen LogP contribution in [-0.2, 0) is 9.47 Å². The normalized spacial score (nSPS) is 21.1. The van der Waals surface area contributed by atoms with Gasteiger partial charge in [-0.1, -0.05) is 20.8 Å². The molecule has 0 spiro atoms. The average molecular weight is 498 g/mol. The van der Waals surface area contributed by atoms with E-state index >= 15 is 0 Å². The summed E-state index contributed by atoms with van der Waals surface area (Å²) in [6.45, 7) is 15.2. The van der Waals surface area contributed by atoms with Crippen LogP contribution in [0, 0.1) is 11.3 Å². The molecule has 2 unspecified atom stereocenters. The molecule has 1 aliphatic heterocycles. The summed E-state index contributed by atoms with van der Waals surface area (Å²) in [5.41, 5.74) is 0.164. The van der Waals surface area contributed by atoms with Gasteiger partial charge in [0, 0.05) is 59.0 Å². The van der Waals surface area contributed by atoms with Crippen molar-refractivity contribution < 1.29 is 9.47 Å². The summed E-state index contributed by atoms with van der Waals surface area (Å²) in [5.74, 6) is 1.41. The smallest absolute Gasteiger partial charge is 0.191 e. The second kappa shape index (κ2) is 14.8. The third kappa shape index (κ3) is 11.5. The Kier molecular flexibility index (Phi) is 14.8. The van der Waals surface area contributed by atoms with Crippen molar-refractivity contribution in [3.63, 3.8) is 0 Å². The van der Waals surface area contributed by atoms with Crippen molar-refractivity contribution in [2.45, 2.75) is 53.1 Å². The lowest BCUT2D eigenvalue weighted by Gasteiger charge is -2.39. The number of hydrogen-bond donors (Lipinski definition) is 2. The third-order valence-electron chi connectivity index (χ3n) is 4.80. The van der Waals surface area contributed by atoms with Crippen molar-refractivity contribution in [1.29, 1.82) is 0 Å². The van der Waals surface area contributed by atoms with E-state index in [9.17, 15) is 0 Å². The molecule has 0 bridgehead atoms. The number of aliphatic imine (C=N–C) groups is 1. The topological polar surface area (TPSA) is 58.1 Å². The molecule has 0 aliphatic carbocycles. The molecule has 0 aromatic rings. The summed E-state index contributed by atoms with van der Waals surface area (Å²) >= 11 is 0. The van der Waals surface area contributed by atoms with Gasteiger partial charge in [-0.2, -0.15) is 0 Å². The zero-order chi connectivity index (χ0) is 19.4. The van der Waals surface area contributed by atoms with Crippen molar-refractivity contribution in [3.8, 4) is 0 Å². The molecule has 2 atom stereocenters. The first-order valence-electron chi connectivity index (χ1n) is 10.2. The van der Waals surface area contributed by atoms with Gasteiger partial charge in [0.15, 0.2) is 5.96 Å². The van der Waals surface area contributed by atoms with E-state index in [-0.39, 0.29) is 35.5 Å². The fourth-order valence-electron chi connectivity index (χ4n) is 3.49. The van der Waals surface area contributed by atoms with E-state index in [1.807, 2.05) is 0 Å². The molecule has 1 aliphatic rings. The number of ether oxygens (including phenoxy) is 2. The van der Waals surface area contributed by atoms with E-state index in [0.29, 0.717) is 5.92 Å². The van der Waals surface area contributed by atoms with Gasteiger partial charge >= 0.3 is 0 Å². The fraction of sp³-hybridized carbons (Fsp3) is 0.950. The molecular formula is C20H43IN4O2. The molecule has 1 heterocycles. The average Bonchev–Trinajstić information content (AvgIpc) is 2.59. The minimum absolute atomic E-state index is 0. The summed E-state index contributed by atoms with van der Waals surface area (Å²) in [7, 11) is 3.90. The second-order valence-corrected chi connectivity index (χ2v) is 8.36. The number of methoxy groups -OCH3 is 1. The quantitative estimate of drug-likeness (QED) is 0.210. The van der Waals surface area contributed by atoms with Crippen LogP contribution < -0.4 is 10.6 Å². The monoisotopic (exact) mass is 498 g/mol. The van der Waals surface area contributed by atoms with Crippen LogP contribution in [0.5, 0.6) is 0 Å². The van der Waals surface area contributed by atoms with Crippen LogP contribution >= 0.6 is 24.0 Å². The maximum atomic E-state index is 6.08. The summed E-state index contributed by atoms with van der Waals surface area (Å²) in [6.07, 6.45) is 3.70. The van der Waals surface area contributed by atoms with Crippen LogP contribution in [0.15, 0.2) is 4.99 Å². The van der Waals surface area contributed by atoms with E-state index in [1.165, 1.54) is 6.42 Å². The van der Waals surface area contributed by atoms with Gasteiger partial charge in [0.1, 0.15) is 0 Å². The molecule has 6 nitrogen and oxygen atoms in total. The second-order valence-electron chi connectivity index (χ2n) is 8.36. The van der Waals surface area contributed by atoms with Crippen LogP contribution in [-0.4, -0.2) is 77.1 Å². The Morgan fingerprint density at radius 1 is 1.26 bits per heavy atom. The molecule has 0 amide bonds. The Morgan fingerprint density at radius 3 is 2.63 bits per heavy atom. The summed E-state index contributed by atoms with van der Waals surface area (Å²) < 4.78 is 11.2. The van der Waals surface area contributed by atoms with E-state index < -0.39 is 0 Å². The molecular weight excluding hydrogens is 455 g/mol. The molecule has 27 heavy (non-hydrogen) atoms. The first-order chi connectivity index (χ1) is 12.4. The van der Waals surface area contributed by atoms with E-state index in [0.717, 1.165) is 64.7 Å². The number of rotatable bonds is 10. The molecule has 0 aromatic heterocycles. The van der Waals surface area contributed by atoms with Crippen molar-refractivity contribution in [3.05, 3.63) is 0 Å². The minimum atomic E-state index is 0. The van der Waals surface area contributed by atoms with Crippen LogP contribution in [0.25, 0.3) is 0 Å².